The first kappa shape index (κ1) is 21.0. The van der Waals surface area contributed by atoms with Crippen LogP contribution in [0.2, 0.25) is 0 Å². The third-order valence-corrected chi connectivity index (χ3v) is 5.21. The molecule has 0 radical (unpaired) electrons. The molecule has 1 aromatic heterocycles. The van der Waals surface area contributed by atoms with E-state index in [0.29, 0.717) is 19.0 Å². The molecule has 164 valence electrons. The summed E-state index contributed by atoms with van der Waals surface area (Å²) in [5.74, 6) is -1.61. The summed E-state index contributed by atoms with van der Waals surface area (Å²) in [5.41, 5.74) is -0.928. The molecule has 0 unspecified atom stereocenters. The first-order valence-corrected chi connectivity index (χ1v) is 9.77. The molecule has 31 heavy (non-hydrogen) atoms. The van der Waals surface area contributed by atoms with E-state index in [1.807, 2.05) is 0 Å². The van der Waals surface area contributed by atoms with E-state index in [0.717, 1.165) is 25.0 Å². The van der Waals surface area contributed by atoms with Crippen LogP contribution in [0, 0.1) is 11.7 Å². The summed E-state index contributed by atoms with van der Waals surface area (Å²) in [6.45, 7) is 0.615. The van der Waals surface area contributed by atoms with E-state index in [2.05, 4.69) is 20.6 Å². The van der Waals surface area contributed by atoms with E-state index in [1.54, 1.807) is 4.90 Å². The van der Waals surface area contributed by atoms with Gasteiger partial charge in [0.05, 0.1) is 11.3 Å². The Kier molecular flexibility index (Phi) is 5.50. The van der Waals surface area contributed by atoms with Gasteiger partial charge in [-0.2, -0.15) is 13.2 Å². The topological polar surface area (TPSA) is 87.2 Å². The number of anilines is 2. The van der Waals surface area contributed by atoms with Gasteiger partial charge in [-0.05, 0) is 43.5 Å². The number of carbonyl (C=O) groups is 2. The lowest BCUT2D eigenvalue weighted by Crippen LogP contribution is -2.37. The van der Waals surface area contributed by atoms with Crippen LogP contribution in [-0.2, 0) is 11.0 Å². The molecule has 1 aromatic carbocycles. The van der Waals surface area contributed by atoms with Crippen LogP contribution >= 0.6 is 0 Å². The molecule has 4 rings (SSSR count). The molecule has 1 saturated carbocycles. The summed E-state index contributed by atoms with van der Waals surface area (Å²) in [6.07, 6.45) is -1.12. The van der Waals surface area contributed by atoms with Gasteiger partial charge in [0.2, 0.25) is 11.9 Å². The second kappa shape index (κ2) is 8.12. The Hall–Kier alpha value is -3.24. The minimum atomic E-state index is -4.62. The van der Waals surface area contributed by atoms with Crippen LogP contribution in [-0.4, -0.2) is 40.9 Å². The Labute approximate surface area is 174 Å². The first-order chi connectivity index (χ1) is 14.7. The van der Waals surface area contributed by atoms with Crippen molar-refractivity contribution in [2.24, 2.45) is 5.92 Å². The molecule has 0 spiro atoms. The molecule has 0 bridgehead atoms. The quantitative estimate of drug-likeness (QED) is 0.703. The number of hydrogen-bond acceptors (Lipinski definition) is 5. The summed E-state index contributed by atoms with van der Waals surface area (Å²) >= 11 is 0. The predicted octanol–water partition coefficient (Wildman–Crippen LogP) is 2.99. The van der Waals surface area contributed by atoms with Crippen molar-refractivity contribution in [3.63, 3.8) is 0 Å². The molecule has 2 heterocycles. The second-order valence-corrected chi connectivity index (χ2v) is 7.60. The number of nitrogens with one attached hydrogen (secondary N) is 2. The van der Waals surface area contributed by atoms with Gasteiger partial charge in [-0.1, -0.05) is 0 Å². The number of benzene rings is 1. The monoisotopic (exact) mass is 437 g/mol. The number of alkyl halides is 3. The largest absolute Gasteiger partial charge is 0.416 e. The maximum Gasteiger partial charge on any atom is 0.416 e. The van der Waals surface area contributed by atoms with Gasteiger partial charge >= 0.3 is 6.18 Å². The maximum absolute atomic E-state index is 14.2. The minimum Gasteiger partial charge on any atom is -0.367 e. The number of hydrogen-bond donors (Lipinski definition) is 2. The number of rotatable bonds is 5. The zero-order valence-corrected chi connectivity index (χ0v) is 16.2. The predicted molar refractivity (Wildman–Crippen MR) is 103 cm³/mol. The molecule has 1 saturated heterocycles. The van der Waals surface area contributed by atoms with Crippen LogP contribution in [0.5, 0.6) is 0 Å². The van der Waals surface area contributed by atoms with E-state index in [1.165, 1.54) is 12.3 Å². The van der Waals surface area contributed by atoms with Crippen molar-refractivity contribution in [3.8, 4) is 0 Å². The summed E-state index contributed by atoms with van der Waals surface area (Å²) in [5, 5.41) is 5.35. The highest BCUT2D eigenvalue weighted by Crippen LogP contribution is 2.33. The van der Waals surface area contributed by atoms with Gasteiger partial charge in [-0.25, -0.2) is 14.4 Å². The van der Waals surface area contributed by atoms with Crippen LogP contribution in [0.25, 0.3) is 0 Å². The zero-order chi connectivity index (χ0) is 22.2. The summed E-state index contributed by atoms with van der Waals surface area (Å²) < 4.78 is 52.4. The van der Waals surface area contributed by atoms with Crippen LogP contribution in [0.1, 0.15) is 35.3 Å². The summed E-state index contributed by atoms with van der Waals surface area (Å²) in [4.78, 5) is 33.9. The van der Waals surface area contributed by atoms with Gasteiger partial charge in [0, 0.05) is 31.2 Å². The fourth-order valence-corrected chi connectivity index (χ4v) is 3.40. The smallest absolute Gasteiger partial charge is 0.367 e. The Bertz CT molecular complexity index is 1010. The van der Waals surface area contributed by atoms with Gasteiger partial charge in [-0.15, -0.1) is 0 Å². The van der Waals surface area contributed by atoms with Crippen molar-refractivity contribution in [1.82, 2.24) is 15.3 Å². The van der Waals surface area contributed by atoms with Crippen molar-refractivity contribution in [1.29, 1.82) is 0 Å². The van der Waals surface area contributed by atoms with Gasteiger partial charge in [-0.3, -0.25) is 14.9 Å². The normalized spacial score (nSPS) is 18.7. The van der Waals surface area contributed by atoms with Crippen LogP contribution in [0.15, 0.2) is 30.5 Å². The standard InChI is InChI=1S/C20H19F4N5O2/c21-14-9-12(20(22,23)24)3-4-16(14)29-8-6-13(10-29)26-18(31)15-5-7-25-19(27-15)28-17(30)11-1-2-11/h3-5,7,9,11,13H,1-2,6,8,10H2,(H,26,31)(H,25,27,28,30)/t13-/m1/s1. The first-order valence-electron chi connectivity index (χ1n) is 9.77. The number of nitrogens with zero attached hydrogens (tertiary/aromatic N) is 3. The number of amides is 2. The molecule has 1 aliphatic carbocycles. The Morgan fingerprint density at radius 2 is 1.90 bits per heavy atom. The Balaban J connectivity index is 1.37. The molecular weight excluding hydrogens is 418 g/mol. The Morgan fingerprint density at radius 3 is 2.58 bits per heavy atom. The lowest BCUT2D eigenvalue weighted by molar-refractivity contribution is -0.137. The molecule has 2 fully saturated rings. The number of carbonyl (C=O) groups excluding carboxylic acids is 2. The third kappa shape index (κ3) is 4.92. The highest BCUT2D eigenvalue weighted by Gasteiger charge is 2.33. The SMILES string of the molecule is O=C(N[C@@H]1CCN(c2ccc(C(F)(F)F)cc2F)C1)c1ccnc(NC(=O)C2CC2)n1. The molecular formula is C20H19F4N5O2. The second-order valence-electron chi connectivity index (χ2n) is 7.60. The number of aromatic nitrogens is 2. The van der Waals surface area contributed by atoms with Gasteiger partial charge in [0.15, 0.2) is 0 Å². The maximum atomic E-state index is 14.2. The van der Waals surface area contributed by atoms with E-state index in [-0.39, 0.29) is 41.7 Å². The summed E-state index contributed by atoms with van der Waals surface area (Å²) in [6, 6.07) is 3.47. The van der Waals surface area contributed by atoms with Crippen LogP contribution in [0.3, 0.4) is 0 Å². The molecule has 11 heteroatoms. The molecule has 1 atom stereocenters. The lowest BCUT2D eigenvalue weighted by Gasteiger charge is -2.20. The van der Waals surface area contributed by atoms with Crippen LogP contribution < -0.4 is 15.5 Å². The molecule has 7 nitrogen and oxygen atoms in total. The average Bonchev–Trinajstić information content (AvgIpc) is 3.47. The molecule has 2 aliphatic rings. The molecule has 2 amide bonds. The van der Waals surface area contributed by atoms with E-state index >= 15 is 0 Å². The Morgan fingerprint density at radius 1 is 1.13 bits per heavy atom. The fourth-order valence-electron chi connectivity index (χ4n) is 3.40. The molecule has 2 N–H and O–H groups in total. The summed E-state index contributed by atoms with van der Waals surface area (Å²) in [7, 11) is 0. The van der Waals surface area contributed by atoms with Crippen molar-refractivity contribution in [2.45, 2.75) is 31.5 Å². The zero-order valence-electron chi connectivity index (χ0n) is 16.2. The highest BCUT2D eigenvalue weighted by molar-refractivity contribution is 5.95. The van der Waals surface area contributed by atoms with E-state index < -0.39 is 23.5 Å². The van der Waals surface area contributed by atoms with Gasteiger partial charge in [0.25, 0.3) is 5.91 Å². The lowest BCUT2D eigenvalue weighted by atomic mass is 10.2. The minimum absolute atomic E-state index is 0.0313. The van der Waals surface area contributed by atoms with Gasteiger partial charge < -0.3 is 10.2 Å². The number of halogens is 4. The van der Waals surface area contributed by atoms with Crippen molar-refractivity contribution in [2.75, 3.05) is 23.3 Å². The molecule has 1 aliphatic heterocycles. The van der Waals surface area contributed by atoms with Crippen molar-refractivity contribution in [3.05, 3.63) is 47.5 Å². The average molecular weight is 437 g/mol. The molecule has 2 aromatic rings. The van der Waals surface area contributed by atoms with E-state index in [4.69, 9.17) is 0 Å². The fraction of sp³-hybridized carbons (Fsp3) is 0.400. The van der Waals surface area contributed by atoms with Crippen molar-refractivity contribution < 1.29 is 27.2 Å². The highest BCUT2D eigenvalue weighted by atomic mass is 19.4. The van der Waals surface area contributed by atoms with E-state index in [9.17, 15) is 27.2 Å². The third-order valence-electron chi connectivity index (χ3n) is 5.21. The van der Waals surface area contributed by atoms with Crippen molar-refractivity contribution >= 4 is 23.5 Å². The van der Waals surface area contributed by atoms with Crippen LogP contribution in [0.4, 0.5) is 29.2 Å². The van der Waals surface area contributed by atoms with Gasteiger partial charge in [0.1, 0.15) is 11.5 Å².